The van der Waals surface area contributed by atoms with E-state index in [4.69, 9.17) is 0 Å². The summed E-state index contributed by atoms with van der Waals surface area (Å²) in [5, 5.41) is 9.94. The van der Waals surface area contributed by atoms with Gasteiger partial charge in [-0.05, 0) is 67.3 Å². The van der Waals surface area contributed by atoms with Gasteiger partial charge in [0.15, 0.2) is 0 Å². The monoisotopic (exact) mass is 312 g/mol. The van der Waals surface area contributed by atoms with Gasteiger partial charge in [-0.25, -0.2) is 4.39 Å². The van der Waals surface area contributed by atoms with E-state index in [0.29, 0.717) is 24.0 Å². The van der Waals surface area contributed by atoms with Crippen molar-refractivity contribution >= 4 is 5.97 Å². The summed E-state index contributed by atoms with van der Waals surface area (Å²) in [7, 11) is 0. The van der Waals surface area contributed by atoms with Crippen molar-refractivity contribution < 1.29 is 14.3 Å². The first-order chi connectivity index (χ1) is 11.0. The van der Waals surface area contributed by atoms with Crippen molar-refractivity contribution in [3.8, 4) is 0 Å². The molecule has 1 aliphatic rings. The normalized spacial score (nSPS) is 23.9. The molecule has 0 aromatic heterocycles. The number of hydrogen-bond acceptors (Lipinski definition) is 1. The third kappa shape index (κ3) is 2.54. The predicted molar refractivity (Wildman–Crippen MR) is 88.2 cm³/mol. The molecule has 2 atom stereocenters. The van der Waals surface area contributed by atoms with Crippen molar-refractivity contribution in [3.05, 3.63) is 70.5 Å². The second-order valence-electron chi connectivity index (χ2n) is 6.60. The van der Waals surface area contributed by atoms with Gasteiger partial charge in [0.1, 0.15) is 5.82 Å². The number of carboxylic acids is 1. The van der Waals surface area contributed by atoms with Crippen LogP contribution in [0.25, 0.3) is 0 Å². The van der Waals surface area contributed by atoms with Crippen LogP contribution in [0.3, 0.4) is 0 Å². The standard InChI is InChI=1S/C20H21FO2/c1-13-6-3-4-7-16(13)15-10-11-20(12-15,19(22)23)17-8-5-9-18(21)14(17)2/h3-9,15H,10-12H2,1-2H3,(H,22,23). The summed E-state index contributed by atoms with van der Waals surface area (Å²) in [5.41, 5.74) is 2.50. The topological polar surface area (TPSA) is 37.3 Å². The van der Waals surface area contributed by atoms with E-state index in [1.807, 2.05) is 12.1 Å². The molecular weight excluding hydrogens is 291 g/mol. The SMILES string of the molecule is Cc1ccccc1C1CCC(C(=O)O)(c2cccc(F)c2C)C1. The highest BCUT2D eigenvalue weighted by atomic mass is 19.1. The molecule has 0 spiro atoms. The number of benzene rings is 2. The fraction of sp³-hybridized carbons (Fsp3) is 0.350. The molecule has 1 fully saturated rings. The Balaban J connectivity index is 2.04. The van der Waals surface area contributed by atoms with Gasteiger partial charge >= 0.3 is 5.97 Å². The largest absolute Gasteiger partial charge is 0.481 e. The second kappa shape index (κ2) is 5.80. The van der Waals surface area contributed by atoms with E-state index >= 15 is 0 Å². The van der Waals surface area contributed by atoms with E-state index in [-0.39, 0.29) is 11.7 Å². The highest BCUT2D eigenvalue weighted by molar-refractivity contribution is 5.82. The second-order valence-corrected chi connectivity index (χ2v) is 6.60. The van der Waals surface area contributed by atoms with Crippen LogP contribution in [0.4, 0.5) is 4.39 Å². The van der Waals surface area contributed by atoms with Gasteiger partial charge in [0.05, 0.1) is 5.41 Å². The highest BCUT2D eigenvalue weighted by Gasteiger charge is 2.48. The minimum Gasteiger partial charge on any atom is -0.481 e. The van der Waals surface area contributed by atoms with Crippen LogP contribution in [0.5, 0.6) is 0 Å². The van der Waals surface area contributed by atoms with E-state index in [9.17, 15) is 14.3 Å². The third-order valence-electron chi connectivity index (χ3n) is 5.34. The maximum absolute atomic E-state index is 14.0. The van der Waals surface area contributed by atoms with Gasteiger partial charge in [-0.3, -0.25) is 4.79 Å². The van der Waals surface area contributed by atoms with Crippen molar-refractivity contribution in [2.45, 2.75) is 44.4 Å². The summed E-state index contributed by atoms with van der Waals surface area (Å²) in [6, 6.07) is 12.9. The summed E-state index contributed by atoms with van der Waals surface area (Å²) in [4.78, 5) is 12.1. The third-order valence-corrected chi connectivity index (χ3v) is 5.34. The smallest absolute Gasteiger partial charge is 0.314 e. The van der Waals surface area contributed by atoms with Gasteiger partial charge in [-0.15, -0.1) is 0 Å². The van der Waals surface area contributed by atoms with Crippen LogP contribution in [0, 0.1) is 19.7 Å². The molecule has 3 heteroatoms. The Morgan fingerprint density at radius 3 is 2.61 bits per heavy atom. The maximum atomic E-state index is 14.0. The number of aliphatic carboxylic acids is 1. The molecule has 0 radical (unpaired) electrons. The number of rotatable bonds is 3. The van der Waals surface area contributed by atoms with E-state index < -0.39 is 11.4 Å². The Kier molecular flexibility index (Phi) is 3.97. The minimum atomic E-state index is -0.987. The quantitative estimate of drug-likeness (QED) is 0.889. The molecule has 0 heterocycles. The summed E-state index contributed by atoms with van der Waals surface area (Å²) < 4.78 is 14.0. The van der Waals surface area contributed by atoms with Gasteiger partial charge in [0.2, 0.25) is 0 Å². The first-order valence-electron chi connectivity index (χ1n) is 8.00. The Labute approximate surface area is 136 Å². The van der Waals surface area contributed by atoms with Crippen molar-refractivity contribution in [1.82, 2.24) is 0 Å². The number of halogens is 1. The summed E-state index contributed by atoms with van der Waals surface area (Å²) in [6.07, 6.45) is 1.89. The Morgan fingerprint density at radius 2 is 1.91 bits per heavy atom. The lowest BCUT2D eigenvalue weighted by Crippen LogP contribution is -2.34. The molecule has 2 unspecified atom stereocenters. The summed E-state index contributed by atoms with van der Waals surface area (Å²) in [5.74, 6) is -0.972. The molecule has 0 aliphatic heterocycles. The lowest BCUT2D eigenvalue weighted by molar-refractivity contribution is -0.143. The lowest BCUT2D eigenvalue weighted by atomic mass is 9.75. The Bertz CT molecular complexity index is 753. The van der Waals surface area contributed by atoms with Gasteiger partial charge in [0.25, 0.3) is 0 Å². The number of carbonyl (C=O) groups is 1. The first-order valence-corrected chi connectivity index (χ1v) is 8.00. The first kappa shape index (κ1) is 15.7. The fourth-order valence-electron chi connectivity index (χ4n) is 4.04. The molecule has 1 aliphatic carbocycles. The van der Waals surface area contributed by atoms with Crippen molar-refractivity contribution in [3.63, 3.8) is 0 Å². The van der Waals surface area contributed by atoms with E-state index in [1.54, 1.807) is 19.1 Å². The van der Waals surface area contributed by atoms with Gasteiger partial charge in [-0.1, -0.05) is 36.4 Å². The Hall–Kier alpha value is -2.16. The zero-order valence-corrected chi connectivity index (χ0v) is 13.5. The van der Waals surface area contributed by atoms with Crippen LogP contribution in [-0.2, 0) is 10.2 Å². The molecule has 3 rings (SSSR count). The molecule has 120 valence electrons. The zero-order valence-electron chi connectivity index (χ0n) is 13.5. The maximum Gasteiger partial charge on any atom is 0.314 e. The minimum absolute atomic E-state index is 0.204. The molecule has 1 N–H and O–H groups in total. The fourth-order valence-corrected chi connectivity index (χ4v) is 4.04. The average molecular weight is 312 g/mol. The van der Waals surface area contributed by atoms with Crippen LogP contribution in [-0.4, -0.2) is 11.1 Å². The molecule has 2 aromatic rings. The molecule has 0 amide bonds. The summed E-state index contributed by atoms with van der Waals surface area (Å²) in [6.45, 7) is 3.74. The number of carboxylic acid groups (broad SMARTS) is 1. The van der Waals surface area contributed by atoms with Crippen molar-refractivity contribution in [1.29, 1.82) is 0 Å². The molecule has 23 heavy (non-hydrogen) atoms. The van der Waals surface area contributed by atoms with Crippen LogP contribution in [0.1, 0.15) is 47.4 Å². The van der Waals surface area contributed by atoms with Gasteiger partial charge in [0, 0.05) is 0 Å². The Morgan fingerprint density at radius 1 is 1.17 bits per heavy atom. The number of hydrogen-bond donors (Lipinski definition) is 1. The molecule has 0 saturated heterocycles. The van der Waals surface area contributed by atoms with E-state index in [1.165, 1.54) is 17.2 Å². The van der Waals surface area contributed by atoms with Crippen LogP contribution >= 0.6 is 0 Å². The summed E-state index contributed by atoms with van der Waals surface area (Å²) >= 11 is 0. The van der Waals surface area contributed by atoms with Crippen molar-refractivity contribution in [2.75, 3.05) is 0 Å². The lowest BCUT2D eigenvalue weighted by Gasteiger charge is -2.27. The van der Waals surface area contributed by atoms with E-state index in [0.717, 1.165) is 6.42 Å². The predicted octanol–water partition coefficient (Wildman–Crippen LogP) is 4.73. The van der Waals surface area contributed by atoms with Crippen LogP contribution in [0.15, 0.2) is 42.5 Å². The van der Waals surface area contributed by atoms with Gasteiger partial charge in [-0.2, -0.15) is 0 Å². The van der Waals surface area contributed by atoms with Crippen LogP contribution in [0.2, 0.25) is 0 Å². The molecular formula is C20H21FO2. The van der Waals surface area contributed by atoms with E-state index in [2.05, 4.69) is 19.1 Å². The van der Waals surface area contributed by atoms with Crippen molar-refractivity contribution in [2.24, 2.45) is 0 Å². The molecule has 2 aromatic carbocycles. The zero-order chi connectivity index (χ0) is 16.6. The molecule has 0 bridgehead atoms. The average Bonchev–Trinajstić information content (AvgIpc) is 2.97. The number of aryl methyl sites for hydroxylation is 1. The molecule has 2 nitrogen and oxygen atoms in total. The molecule has 1 saturated carbocycles. The van der Waals surface area contributed by atoms with Crippen LogP contribution < -0.4 is 0 Å². The van der Waals surface area contributed by atoms with Gasteiger partial charge < -0.3 is 5.11 Å². The highest BCUT2D eigenvalue weighted by Crippen LogP contribution is 2.50.